The smallest absolute Gasteiger partial charge is 0.191 e. The van der Waals surface area contributed by atoms with E-state index in [0.29, 0.717) is 17.9 Å². The first kappa shape index (κ1) is 16.6. The maximum Gasteiger partial charge on any atom is 0.191 e. The van der Waals surface area contributed by atoms with E-state index in [1.807, 2.05) is 12.1 Å². The van der Waals surface area contributed by atoms with E-state index in [4.69, 9.17) is 4.42 Å². The van der Waals surface area contributed by atoms with Crippen molar-refractivity contribution in [2.75, 3.05) is 13.1 Å². The molecule has 0 aliphatic heterocycles. The van der Waals surface area contributed by atoms with Crippen LogP contribution in [0.25, 0.3) is 0 Å². The number of furan rings is 1. The maximum atomic E-state index is 5.33. The molecular formula is C16H29N3O. The Morgan fingerprint density at radius 2 is 2.00 bits per heavy atom. The van der Waals surface area contributed by atoms with E-state index in [-0.39, 0.29) is 0 Å². The summed E-state index contributed by atoms with van der Waals surface area (Å²) in [5, 5.41) is 6.84. The second kappa shape index (κ2) is 8.67. The molecule has 2 N–H and O–H groups in total. The van der Waals surface area contributed by atoms with Gasteiger partial charge >= 0.3 is 0 Å². The summed E-state index contributed by atoms with van der Waals surface area (Å²) in [6.07, 6.45) is 2.58. The summed E-state index contributed by atoms with van der Waals surface area (Å²) in [5.41, 5.74) is 0. The normalized spacial score (nSPS) is 13.8. The number of guanidine groups is 1. The molecule has 1 aromatic heterocycles. The van der Waals surface area contributed by atoms with Crippen LogP contribution in [0, 0.1) is 11.8 Å². The summed E-state index contributed by atoms with van der Waals surface area (Å²) in [6, 6.07) is 4.32. The molecule has 0 aliphatic carbocycles. The number of rotatable bonds is 7. The molecule has 0 aliphatic rings. The fourth-order valence-corrected chi connectivity index (χ4v) is 1.57. The van der Waals surface area contributed by atoms with Crippen LogP contribution in [0.4, 0.5) is 0 Å². The van der Waals surface area contributed by atoms with E-state index < -0.39 is 0 Å². The van der Waals surface area contributed by atoms with Crippen molar-refractivity contribution in [3.05, 3.63) is 24.2 Å². The Balaban J connectivity index is 2.46. The van der Waals surface area contributed by atoms with Crippen molar-refractivity contribution in [1.82, 2.24) is 10.6 Å². The number of nitrogens with one attached hydrogen (secondary N) is 2. The van der Waals surface area contributed by atoms with Crippen LogP contribution < -0.4 is 10.6 Å². The monoisotopic (exact) mass is 279 g/mol. The minimum Gasteiger partial charge on any atom is -0.469 e. The summed E-state index contributed by atoms with van der Waals surface area (Å²) in [7, 11) is 0. The van der Waals surface area contributed by atoms with Gasteiger partial charge in [0.2, 0.25) is 0 Å². The fourth-order valence-electron chi connectivity index (χ4n) is 1.57. The van der Waals surface area contributed by atoms with Crippen molar-refractivity contribution in [3.8, 4) is 0 Å². The molecular weight excluding hydrogens is 250 g/mol. The predicted molar refractivity (Wildman–Crippen MR) is 85.0 cm³/mol. The molecule has 1 rings (SSSR count). The lowest BCUT2D eigenvalue weighted by atomic mass is 10.1. The van der Waals surface area contributed by atoms with Crippen molar-refractivity contribution >= 4 is 5.96 Å². The Kier molecular flexibility index (Phi) is 7.20. The van der Waals surface area contributed by atoms with Gasteiger partial charge in [-0.2, -0.15) is 0 Å². The summed E-state index contributed by atoms with van der Waals surface area (Å²) < 4.78 is 5.33. The van der Waals surface area contributed by atoms with Gasteiger partial charge in [0.05, 0.1) is 6.26 Å². The topological polar surface area (TPSA) is 49.6 Å². The van der Waals surface area contributed by atoms with Gasteiger partial charge in [0.1, 0.15) is 5.76 Å². The molecule has 1 aromatic rings. The molecule has 0 saturated heterocycles. The van der Waals surface area contributed by atoms with Crippen molar-refractivity contribution in [3.63, 3.8) is 0 Å². The highest BCUT2D eigenvalue weighted by atomic mass is 16.3. The van der Waals surface area contributed by atoms with Gasteiger partial charge < -0.3 is 15.1 Å². The quantitative estimate of drug-likeness (QED) is 0.596. The van der Waals surface area contributed by atoms with Crippen LogP contribution in [0.3, 0.4) is 0 Å². The molecule has 4 heteroatoms. The van der Waals surface area contributed by atoms with Gasteiger partial charge in [-0.25, -0.2) is 0 Å². The largest absolute Gasteiger partial charge is 0.469 e. The Labute approximate surface area is 123 Å². The van der Waals surface area contributed by atoms with Crippen molar-refractivity contribution in [2.24, 2.45) is 16.8 Å². The first-order valence-electron chi connectivity index (χ1n) is 7.56. The van der Waals surface area contributed by atoms with Crippen molar-refractivity contribution in [1.29, 1.82) is 0 Å². The van der Waals surface area contributed by atoms with Crippen LogP contribution in [0.1, 0.15) is 40.4 Å². The highest BCUT2D eigenvalue weighted by molar-refractivity contribution is 5.80. The zero-order valence-electron chi connectivity index (χ0n) is 13.4. The van der Waals surface area contributed by atoms with Gasteiger partial charge in [0, 0.05) is 25.6 Å². The lowest BCUT2D eigenvalue weighted by Crippen LogP contribution is -2.45. The minimum atomic E-state index is 0.400. The standard InChI is InChI=1S/C16H29N3O/c1-12(2)11-18-16(19-14(5)13(3)4)17-9-8-15-7-6-10-20-15/h6-7,10,12-14H,8-9,11H2,1-5H3,(H2,17,18,19). The van der Waals surface area contributed by atoms with Gasteiger partial charge in [-0.15, -0.1) is 0 Å². The minimum absolute atomic E-state index is 0.400. The Bertz CT molecular complexity index is 382. The molecule has 114 valence electrons. The average molecular weight is 279 g/mol. The van der Waals surface area contributed by atoms with Gasteiger partial charge in [-0.1, -0.05) is 27.7 Å². The number of hydrogen-bond donors (Lipinski definition) is 2. The molecule has 0 bridgehead atoms. The number of nitrogens with zero attached hydrogens (tertiary/aromatic N) is 1. The van der Waals surface area contributed by atoms with Crippen LogP contribution in [-0.4, -0.2) is 25.1 Å². The summed E-state index contributed by atoms with van der Waals surface area (Å²) in [5.74, 6) is 3.03. The van der Waals surface area contributed by atoms with E-state index in [1.165, 1.54) is 0 Å². The van der Waals surface area contributed by atoms with Crippen LogP contribution in [-0.2, 0) is 6.42 Å². The molecule has 0 spiro atoms. The zero-order valence-corrected chi connectivity index (χ0v) is 13.4. The van der Waals surface area contributed by atoms with Crippen LogP contribution in [0.5, 0.6) is 0 Å². The maximum absolute atomic E-state index is 5.33. The third kappa shape index (κ3) is 6.64. The third-order valence-corrected chi connectivity index (χ3v) is 3.22. The van der Waals surface area contributed by atoms with E-state index in [0.717, 1.165) is 31.2 Å². The lowest BCUT2D eigenvalue weighted by Gasteiger charge is -2.21. The first-order chi connectivity index (χ1) is 9.49. The van der Waals surface area contributed by atoms with Crippen LogP contribution >= 0.6 is 0 Å². The van der Waals surface area contributed by atoms with E-state index in [1.54, 1.807) is 6.26 Å². The molecule has 0 radical (unpaired) electrons. The van der Waals surface area contributed by atoms with Gasteiger partial charge in [-0.05, 0) is 30.9 Å². The zero-order chi connectivity index (χ0) is 15.0. The highest BCUT2D eigenvalue weighted by Gasteiger charge is 2.09. The second-order valence-corrected chi connectivity index (χ2v) is 6.02. The predicted octanol–water partition coefficient (Wildman–Crippen LogP) is 3.06. The van der Waals surface area contributed by atoms with Crippen LogP contribution in [0.2, 0.25) is 0 Å². The second-order valence-electron chi connectivity index (χ2n) is 6.02. The van der Waals surface area contributed by atoms with E-state index in [9.17, 15) is 0 Å². The lowest BCUT2D eigenvalue weighted by molar-refractivity contribution is 0.476. The molecule has 1 heterocycles. The number of aliphatic imine (C=N–C) groups is 1. The van der Waals surface area contributed by atoms with Crippen molar-refractivity contribution in [2.45, 2.75) is 47.1 Å². The first-order valence-corrected chi connectivity index (χ1v) is 7.56. The molecule has 1 atom stereocenters. The molecule has 20 heavy (non-hydrogen) atoms. The highest BCUT2D eigenvalue weighted by Crippen LogP contribution is 2.01. The SMILES string of the molecule is CC(C)CN=C(NCCc1ccco1)NC(C)C(C)C. The van der Waals surface area contributed by atoms with Gasteiger partial charge in [0.15, 0.2) is 5.96 Å². The Morgan fingerprint density at radius 1 is 1.25 bits per heavy atom. The summed E-state index contributed by atoms with van der Waals surface area (Å²) in [6.45, 7) is 12.6. The summed E-state index contributed by atoms with van der Waals surface area (Å²) >= 11 is 0. The van der Waals surface area contributed by atoms with E-state index >= 15 is 0 Å². The third-order valence-electron chi connectivity index (χ3n) is 3.22. The average Bonchev–Trinajstić information content (AvgIpc) is 2.88. The van der Waals surface area contributed by atoms with Gasteiger partial charge in [0.25, 0.3) is 0 Å². The molecule has 1 unspecified atom stereocenters. The fraction of sp³-hybridized carbons (Fsp3) is 0.688. The summed E-state index contributed by atoms with van der Waals surface area (Å²) in [4.78, 5) is 4.63. The molecule has 0 fully saturated rings. The van der Waals surface area contributed by atoms with Crippen molar-refractivity contribution < 1.29 is 4.42 Å². The van der Waals surface area contributed by atoms with Crippen LogP contribution in [0.15, 0.2) is 27.8 Å². The van der Waals surface area contributed by atoms with Gasteiger partial charge in [-0.3, -0.25) is 4.99 Å². The molecule has 0 aromatic carbocycles. The Hall–Kier alpha value is -1.45. The number of hydrogen-bond acceptors (Lipinski definition) is 2. The molecule has 0 saturated carbocycles. The Morgan fingerprint density at radius 3 is 2.55 bits per heavy atom. The van der Waals surface area contributed by atoms with E-state index in [2.05, 4.69) is 50.2 Å². The molecule has 4 nitrogen and oxygen atoms in total. The molecule has 0 amide bonds.